The number of pyridine rings is 1. The Bertz CT molecular complexity index is 836. The maximum Gasteiger partial charge on any atom is 0.418 e. The molecule has 0 atom stereocenters. The summed E-state index contributed by atoms with van der Waals surface area (Å²) in [7, 11) is 1.56. The number of nitrogens with zero attached hydrogens (tertiary/aromatic N) is 2. The highest BCUT2D eigenvalue weighted by molar-refractivity contribution is 6.10. The molecule has 2 rings (SSSR count). The summed E-state index contributed by atoms with van der Waals surface area (Å²) in [6.07, 6.45) is -0.752. The number of likely N-dealkylation sites (N-methyl/N-ethyl adjacent to an activating group) is 1. The highest BCUT2D eigenvalue weighted by Gasteiger charge is 2.40. The SMILES string of the molecule is CN(CCc1ccncc1)C(=O)C(C)(C)C(=O)Nc1ccccc1C(F)(F)F. The van der Waals surface area contributed by atoms with E-state index >= 15 is 0 Å². The van der Waals surface area contributed by atoms with Gasteiger partial charge in [0.2, 0.25) is 11.8 Å². The minimum atomic E-state index is -4.61. The predicted molar refractivity (Wildman–Crippen MR) is 99.4 cm³/mol. The minimum Gasteiger partial charge on any atom is -0.345 e. The molecule has 0 bridgehead atoms. The van der Waals surface area contributed by atoms with E-state index in [4.69, 9.17) is 0 Å². The van der Waals surface area contributed by atoms with Crippen LogP contribution in [0.1, 0.15) is 25.0 Å². The Balaban J connectivity index is 2.08. The van der Waals surface area contributed by atoms with Crippen molar-refractivity contribution in [1.29, 1.82) is 0 Å². The fraction of sp³-hybridized carbons (Fsp3) is 0.350. The van der Waals surface area contributed by atoms with Gasteiger partial charge in [-0.3, -0.25) is 14.6 Å². The zero-order valence-corrected chi connectivity index (χ0v) is 15.9. The molecule has 1 aromatic heterocycles. The Kier molecular flexibility index (Phi) is 6.43. The van der Waals surface area contributed by atoms with Gasteiger partial charge in [0.1, 0.15) is 5.41 Å². The smallest absolute Gasteiger partial charge is 0.345 e. The number of anilines is 1. The normalized spacial score (nSPS) is 11.8. The van der Waals surface area contributed by atoms with Crippen LogP contribution in [0.4, 0.5) is 18.9 Å². The molecule has 0 saturated heterocycles. The van der Waals surface area contributed by atoms with Crippen LogP contribution in [0.3, 0.4) is 0 Å². The molecular formula is C20H22F3N3O2. The molecule has 0 radical (unpaired) electrons. The molecule has 5 nitrogen and oxygen atoms in total. The van der Waals surface area contributed by atoms with Gasteiger partial charge in [0.25, 0.3) is 0 Å². The van der Waals surface area contributed by atoms with Crippen molar-refractivity contribution in [3.63, 3.8) is 0 Å². The van der Waals surface area contributed by atoms with Crippen molar-refractivity contribution in [2.75, 3.05) is 18.9 Å². The van der Waals surface area contributed by atoms with E-state index < -0.39 is 29.0 Å². The zero-order chi connectivity index (χ0) is 20.9. The van der Waals surface area contributed by atoms with Gasteiger partial charge < -0.3 is 10.2 Å². The van der Waals surface area contributed by atoms with Crippen LogP contribution < -0.4 is 5.32 Å². The van der Waals surface area contributed by atoms with Crippen LogP contribution in [0.5, 0.6) is 0 Å². The highest BCUT2D eigenvalue weighted by Crippen LogP contribution is 2.35. The standard InChI is InChI=1S/C20H22F3N3O2/c1-19(2,18(28)26(3)13-10-14-8-11-24-12-9-14)17(27)25-16-7-5-4-6-15(16)20(21,22)23/h4-9,11-12H,10,13H2,1-3H3,(H,25,27). The van der Waals surface area contributed by atoms with E-state index in [1.54, 1.807) is 19.4 Å². The number of aromatic nitrogens is 1. The summed E-state index contributed by atoms with van der Waals surface area (Å²) in [5.74, 6) is -1.28. The summed E-state index contributed by atoms with van der Waals surface area (Å²) in [6.45, 7) is 3.15. The number of amides is 2. The van der Waals surface area contributed by atoms with Crippen LogP contribution in [0.15, 0.2) is 48.8 Å². The number of nitrogens with one attached hydrogen (secondary N) is 1. The van der Waals surface area contributed by atoms with Gasteiger partial charge in [-0.05, 0) is 50.1 Å². The lowest BCUT2D eigenvalue weighted by Crippen LogP contribution is -2.46. The lowest BCUT2D eigenvalue weighted by molar-refractivity contribution is -0.145. The van der Waals surface area contributed by atoms with Crippen molar-refractivity contribution in [2.24, 2.45) is 5.41 Å². The largest absolute Gasteiger partial charge is 0.418 e. The number of benzene rings is 1. The van der Waals surface area contributed by atoms with Crippen LogP contribution in [0, 0.1) is 5.41 Å². The molecule has 0 aliphatic heterocycles. The number of hydrogen-bond acceptors (Lipinski definition) is 3. The van der Waals surface area contributed by atoms with Crippen molar-refractivity contribution in [3.05, 3.63) is 59.9 Å². The van der Waals surface area contributed by atoms with Gasteiger partial charge in [-0.25, -0.2) is 0 Å². The Morgan fingerprint density at radius 3 is 2.29 bits per heavy atom. The molecule has 0 unspecified atom stereocenters. The first-order valence-corrected chi connectivity index (χ1v) is 8.65. The molecule has 2 amide bonds. The molecule has 0 saturated carbocycles. The number of carbonyl (C=O) groups is 2. The van der Waals surface area contributed by atoms with Crippen molar-refractivity contribution >= 4 is 17.5 Å². The Morgan fingerprint density at radius 2 is 1.68 bits per heavy atom. The van der Waals surface area contributed by atoms with E-state index in [0.717, 1.165) is 17.7 Å². The summed E-state index contributed by atoms with van der Waals surface area (Å²) in [5, 5.41) is 2.25. The van der Waals surface area contributed by atoms with E-state index in [1.807, 2.05) is 12.1 Å². The predicted octanol–water partition coefficient (Wildman–Crippen LogP) is 3.77. The maximum absolute atomic E-state index is 13.1. The minimum absolute atomic E-state index is 0.360. The average Bonchev–Trinajstić information content (AvgIpc) is 2.65. The number of rotatable bonds is 6. The van der Waals surface area contributed by atoms with Crippen molar-refractivity contribution in [1.82, 2.24) is 9.88 Å². The third-order valence-corrected chi connectivity index (χ3v) is 4.41. The van der Waals surface area contributed by atoms with Gasteiger partial charge in [-0.15, -0.1) is 0 Å². The van der Waals surface area contributed by atoms with Crippen LogP contribution in [-0.4, -0.2) is 35.3 Å². The Hall–Kier alpha value is -2.90. The van der Waals surface area contributed by atoms with Crippen molar-refractivity contribution in [3.8, 4) is 0 Å². The van der Waals surface area contributed by atoms with Gasteiger partial charge in [0.15, 0.2) is 0 Å². The molecule has 0 spiro atoms. The van der Waals surface area contributed by atoms with E-state index in [9.17, 15) is 22.8 Å². The molecule has 0 fully saturated rings. The second-order valence-electron chi connectivity index (χ2n) is 6.95. The van der Waals surface area contributed by atoms with E-state index in [1.165, 1.54) is 30.9 Å². The lowest BCUT2D eigenvalue weighted by atomic mass is 9.90. The van der Waals surface area contributed by atoms with Crippen molar-refractivity contribution in [2.45, 2.75) is 26.4 Å². The first-order valence-electron chi connectivity index (χ1n) is 8.65. The molecule has 150 valence electrons. The summed E-state index contributed by atoms with van der Waals surface area (Å²) < 4.78 is 39.3. The van der Waals surface area contributed by atoms with Crippen molar-refractivity contribution < 1.29 is 22.8 Å². The average molecular weight is 393 g/mol. The second-order valence-corrected chi connectivity index (χ2v) is 6.95. The van der Waals surface area contributed by atoms with Gasteiger partial charge in [-0.1, -0.05) is 12.1 Å². The molecule has 8 heteroatoms. The third kappa shape index (κ3) is 5.09. The zero-order valence-electron chi connectivity index (χ0n) is 15.9. The van der Waals surface area contributed by atoms with Gasteiger partial charge in [0.05, 0.1) is 11.3 Å². The van der Waals surface area contributed by atoms with Gasteiger partial charge in [0, 0.05) is 26.0 Å². The topological polar surface area (TPSA) is 62.3 Å². The molecular weight excluding hydrogens is 371 g/mol. The number of para-hydroxylation sites is 1. The summed E-state index contributed by atoms with van der Waals surface area (Å²) in [4.78, 5) is 30.6. The summed E-state index contributed by atoms with van der Waals surface area (Å²) >= 11 is 0. The molecule has 1 heterocycles. The summed E-state index contributed by atoms with van der Waals surface area (Å²) in [6, 6.07) is 8.32. The monoisotopic (exact) mass is 393 g/mol. The van der Waals surface area contributed by atoms with Crippen LogP contribution in [0.25, 0.3) is 0 Å². The van der Waals surface area contributed by atoms with Crippen LogP contribution in [0.2, 0.25) is 0 Å². The number of alkyl halides is 3. The molecule has 28 heavy (non-hydrogen) atoms. The Morgan fingerprint density at radius 1 is 1.07 bits per heavy atom. The number of halogens is 3. The van der Waals surface area contributed by atoms with Crippen LogP contribution >= 0.6 is 0 Å². The molecule has 0 aliphatic carbocycles. The molecule has 1 aromatic carbocycles. The number of carbonyl (C=O) groups excluding carboxylic acids is 2. The first-order chi connectivity index (χ1) is 13.0. The lowest BCUT2D eigenvalue weighted by Gasteiger charge is -2.29. The highest BCUT2D eigenvalue weighted by atomic mass is 19.4. The second kappa shape index (κ2) is 8.41. The number of hydrogen-bond donors (Lipinski definition) is 1. The Labute approximate surface area is 161 Å². The molecule has 2 aromatic rings. The fourth-order valence-electron chi connectivity index (χ4n) is 2.64. The van der Waals surface area contributed by atoms with Gasteiger partial charge in [-0.2, -0.15) is 13.2 Å². The van der Waals surface area contributed by atoms with Gasteiger partial charge >= 0.3 is 6.18 Å². The maximum atomic E-state index is 13.1. The summed E-state index contributed by atoms with van der Waals surface area (Å²) in [5.41, 5.74) is -1.89. The molecule has 0 aliphatic rings. The first kappa shape index (κ1) is 21.4. The van der Waals surface area contributed by atoms with Crippen LogP contribution in [-0.2, 0) is 22.2 Å². The molecule has 1 N–H and O–H groups in total. The van der Waals surface area contributed by atoms with E-state index in [2.05, 4.69) is 10.3 Å². The van der Waals surface area contributed by atoms with E-state index in [-0.39, 0.29) is 5.69 Å². The third-order valence-electron chi connectivity index (χ3n) is 4.41. The quantitative estimate of drug-likeness (QED) is 0.760. The van der Waals surface area contributed by atoms with E-state index in [0.29, 0.717) is 13.0 Å². The fourth-order valence-corrected chi connectivity index (χ4v) is 2.64.